The van der Waals surface area contributed by atoms with E-state index in [9.17, 15) is 23.3 Å². The van der Waals surface area contributed by atoms with Crippen LogP contribution in [0.5, 0.6) is 0 Å². The average molecular weight is 404 g/mol. The smallest absolute Gasteiger partial charge is 0.271 e. The topological polar surface area (TPSA) is 132 Å². The molecule has 0 bridgehead atoms. The monoisotopic (exact) mass is 404 g/mol. The van der Waals surface area contributed by atoms with Crippen LogP contribution in [0, 0.1) is 10.1 Å². The molecule has 0 fully saturated rings. The fraction of sp³-hybridized carbons (Fsp3) is 0.0625. The molecule has 1 amide bonds. The highest BCUT2D eigenvalue weighted by atomic mass is 32.2. The first-order valence-corrected chi connectivity index (χ1v) is 10.2. The number of carbonyl (C=O) groups excluding carboxylic acids is 1. The van der Waals surface area contributed by atoms with Gasteiger partial charge in [-0.1, -0.05) is 0 Å². The van der Waals surface area contributed by atoms with Crippen LogP contribution in [0.25, 0.3) is 11.3 Å². The molecule has 0 unspecified atom stereocenters. The predicted octanol–water partition coefficient (Wildman–Crippen LogP) is 2.77. The van der Waals surface area contributed by atoms with Gasteiger partial charge in [0.25, 0.3) is 11.6 Å². The minimum atomic E-state index is -3.72. The molecule has 0 aliphatic rings. The van der Waals surface area contributed by atoms with Gasteiger partial charge in [-0.15, -0.1) is 11.3 Å². The Hall–Kier alpha value is -3.18. The maximum absolute atomic E-state index is 12.4. The molecule has 0 saturated carbocycles. The van der Waals surface area contributed by atoms with Crippen LogP contribution >= 0.6 is 11.3 Å². The third-order valence-corrected chi connectivity index (χ3v) is 5.32. The van der Waals surface area contributed by atoms with Gasteiger partial charge in [-0.05, 0) is 18.2 Å². The summed E-state index contributed by atoms with van der Waals surface area (Å²) in [5.41, 5.74) is 0.740. The number of aromatic nitrogens is 2. The lowest BCUT2D eigenvalue weighted by Crippen LogP contribution is -2.13. The number of hydrogen-bond donors (Lipinski definition) is 1. The van der Waals surface area contributed by atoms with E-state index in [1.807, 2.05) is 6.07 Å². The Bertz CT molecular complexity index is 1130. The molecule has 9 nitrogen and oxygen atoms in total. The van der Waals surface area contributed by atoms with Crippen LogP contribution in [0.3, 0.4) is 0 Å². The van der Waals surface area contributed by atoms with Gasteiger partial charge in [0.15, 0.2) is 15.0 Å². The molecule has 2 heterocycles. The standard InChI is InChI=1S/C16H12N4O5S2/c1-27(24,25)13-6-11(5-12(7-13)20(22)23)15(21)19-16-18-14(9-26-16)10-3-2-4-17-8-10/h2-9H,1H3,(H,18,19,21). The molecule has 27 heavy (non-hydrogen) atoms. The van der Waals surface area contributed by atoms with E-state index in [1.54, 1.807) is 23.8 Å². The second kappa shape index (κ2) is 7.21. The quantitative estimate of drug-likeness (QED) is 0.511. The zero-order valence-corrected chi connectivity index (χ0v) is 15.5. The molecule has 0 radical (unpaired) electrons. The maximum atomic E-state index is 12.4. The summed E-state index contributed by atoms with van der Waals surface area (Å²) in [4.78, 5) is 30.7. The molecular formula is C16H12N4O5S2. The van der Waals surface area contributed by atoms with Crippen molar-refractivity contribution in [3.63, 3.8) is 0 Å². The van der Waals surface area contributed by atoms with E-state index in [-0.39, 0.29) is 15.6 Å². The van der Waals surface area contributed by atoms with Crippen molar-refractivity contribution in [3.05, 3.63) is 63.8 Å². The summed E-state index contributed by atoms with van der Waals surface area (Å²) in [5, 5.41) is 15.6. The van der Waals surface area contributed by atoms with Crippen molar-refractivity contribution in [1.29, 1.82) is 0 Å². The number of sulfone groups is 1. The molecule has 0 saturated heterocycles. The van der Waals surface area contributed by atoms with Gasteiger partial charge in [0.2, 0.25) is 0 Å². The number of nitro groups is 1. The average Bonchev–Trinajstić information content (AvgIpc) is 3.09. The van der Waals surface area contributed by atoms with E-state index in [2.05, 4.69) is 15.3 Å². The number of rotatable bonds is 5. The van der Waals surface area contributed by atoms with E-state index in [4.69, 9.17) is 0 Å². The van der Waals surface area contributed by atoms with Crippen molar-refractivity contribution in [3.8, 4) is 11.3 Å². The number of non-ortho nitro benzene ring substituents is 1. The molecule has 2 aromatic heterocycles. The molecule has 0 atom stereocenters. The van der Waals surface area contributed by atoms with Crippen molar-refractivity contribution in [1.82, 2.24) is 9.97 Å². The Balaban J connectivity index is 1.89. The van der Waals surface area contributed by atoms with Gasteiger partial charge < -0.3 is 0 Å². The number of anilines is 1. The molecule has 138 valence electrons. The number of thiazole rings is 1. The van der Waals surface area contributed by atoms with Gasteiger partial charge in [-0.2, -0.15) is 0 Å². The zero-order chi connectivity index (χ0) is 19.6. The number of amides is 1. The largest absolute Gasteiger partial charge is 0.298 e. The minimum absolute atomic E-state index is 0.150. The van der Waals surface area contributed by atoms with Gasteiger partial charge in [0.1, 0.15) is 0 Å². The number of nitrogens with one attached hydrogen (secondary N) is 1. The van der Waals surface area contributed by atoms with Crippen LogP contribution in [0.1, 0.15) is 10.4 Å². The zero-order valence-electron chi connectivity index (χ0n) is 13.8. The molecular weight excluding hydrogens is 392 g/mol. The second-order valence-corrected chi connectivity index (χ2v) is 8.35. The number of hydrogen-bond acceptors (Lipinski definition) is 8. The lowest BCUT2D eigenvalue weighted by molar-refractivity contribution is -0.385. The lowest BCUT2D eigenvalue weighted by Gasteiger charge is -2.05. The van der Waals surface area contributed by atoms with Gasteiger partial charge in [-0.25, -0.2) is 13.4 Å². The van der Waals surface area contributed by atoms with E-state index < -0.39 is 26.4 Å². The molecule has 3 aromatic rings. The maximum Gasteiger partial charge on any atom is 0.271 e. The van der Waals surface area contributed by atoms with Crippen LogP contribution in [-0.2, 0) is 9.84 Å². The number of pyridine rings is 1. The van der Waals surface area contributed by atoms with Gasteiger partial charge in [0, 0.05) is 47.3 Å². The van der Waals surface area contributed by atoms with Crippen molar-refractivity contribution in [2.75, 3.05) is 11.6 Å². The lowest BCUT2D eigenvalue weighted by atomic mass is 10.2. The van der Waals surface area contributed by atoms with Gasteiger partial charge in [-0.3, -0.25) is 25.2 Å². The summed E-state index contributed by atoms with van der Waals surface area (Å²) in [5.74, 6) is -0.698. The van der Waals surface area contributed by atoms with Crippen LogP contribution in [0.4, 0.5) is 10.8 Å². The molecule has 11 heteroatoms. The Morgan fingerprint density at radius 3 is 2.70 bits per heavy atom. The summed E-state index contributed by atoms with van der Waals surface area (Å²) in [6, 6.07) is 6.58. The fourth-order valence-corrected chi connectivity index (χ4v) is 3.57. The minimum Gasteiger partial charge on any atom is -0.298 e. The van der Waals surface area contributed by atoms with E-state index in [0.29, 0.717) is 5.69 Å². The summed E-state index contributed by atoms with van der Waals surface area (Å²) in [6.45, 7) is 0. The first-order chi connectivity index (χ1) is 12.7. The molecule has 1 N–H and O–H groups in total. The molecule has 1 aromatic carbocycles. The SMILES string of the molecule is CS(=O)(=O)c1cc(C(=O)Nc2nc(-c3cccnc3)cs2)cc([N+](=O)[O-])c1. The first kappa shape index (κ1) is 18.6. The Labute approximate surface area is 157 Å². The summed E-state index contributed by atoms with van der Waals surface area (Å²) >= 11 is 1.16. The van der Waals surface area contributed by atoms with E-state index >= 15 is 0 Å². The molecule has 0 aliphatic heterocycles. The highest BCUT2D eigenvalue weighted by molar-refractivity contribution is 7.90. The van der Waals surface area contributed by atoms with Crippen molar-refractivity contribution in [2.24, 2.45) is 0 Å². The Kier molecular flexibility index (Phi) is 4.97. The van der Waals surface area contributed by atoms with Crippen LogP contribution in [0.15, 0.2) is 53.0 Å². The third-order valence-electron chi connectivity index (χ3n) is 3.47. The fourth-order valence-electron chi connectivity index (χ4n) is 2.18. The molecule has 0 spiro atoms. The van der Waals surface area contributed by atoms with Crippen molar-refractivity contribution in [2.45, 2.75) is 4.90 Å². The third kappa shape index (κ3) is 4.33. The van der Waals surface area contributed by atoms with E-state index in [1.165, 1.54) is 0 Å². The summed E-state index contributed by atoms with van der Waals surface area (Å²) in [6.07, 6.45) is 4.16. The highest BCUT2D eigenvalue weighted by Crippen LogP contribution is 2.26. The van der Waals surface area contributed by atoms with Crippen LogP contribution in [0.2, 0.25) is 0 Å². The van der Waals surface area contributed by atoms with E-state index in [0.717, 1.165) is 41.4 Å². The van der Waals surface area contributed by atoms with Crippen LogP contribution < -0.4 is 5.32 Å². The molecule has 0 aliphatic carbocycles. The number of benzene rings is 1. The summed E-state index contributed by atoms with van der Waals surface area (Å²) in [7, 11) is -3.72. The Morgan fingerprint density at radius 1 is 1.30 bits per heavy atom. The highest BCUT2D eigenvalue weighted by Gasteiger charge is 2.20. The second-order valence-electron chi connectivity index (χ2n) is 5.48. The van der Waals surface area contributed by atoms with Crippen molar-refractivity contribution >= 4 is 37.9 Å². The summed E-state index contributed by atoms with van der Waals surface area (Å²) < 4.78 is 23.5. The molecule has 3 rings (SSSR count). The number of nitrogens with zero attached hydrogens (tertiary/aromatic N) is 3. The first-order valence-electron chi connectivity index (χ1n) is 7.41. The predicted molar refractivity (Wildman–Crippen MR) is 99.5 cm³/mol. The Morgan fingerprint density at radius 2 is 2.07 bits per heavy atom. The number of nitro benzene ring substituents is 1. The van der Waals surface area contributed by atoms with Crippen LogP contribution in [-0.4, -0.2) is 35.5 Å². The normalized spacial score (nSPS) is 11.1. The number of carbonyl (C=O) groups is 1. The van der Waals surface area contributed by atoms with Crippen molar-refractivity contribution < 1.29 is 18.1 Å². The van der Waals surface area contributed by atoms with Gasteiger partial charge >= 0.3 is 0 Å². The van der Waals surface area contributed by atoms with Gasteiger partial charge in [0.05, 0.1) is 15.5 Å².